The van der Waals surface area contributed by atoms with Crippen molar-refractivity contribution < 1.29 is 19.2 Å². The van der Waals surface area contributed by atoms with Crippen LogP contribution in [0.4, 0.5) is 5.69 Å². The van der Waals surface area contributed by atoms with E-state index in [4.69, 9.17) is 4.74 Å². The summed E-state index contributed by atoms with van der Waals surface area (Å²) < 4.78 is 5.49. The van der Waals surface area contributed by atoms with Gasteiger partial charge in [-0.3, -0.25) is 14.9 Å². The van der Waals surface area contributed by atoms with Gasteiger partial charge in [0, 0.05) is 24.3 Å². The van der Waals surface area contributed by atoms with E-state index in [0.717, 1.165) is 6.42 Å². The van der Waals surface area contributed by atoms with Gasteiger partial charge in [0.1, 0.15) is 12.1 Å². The predicted octanol–water partition coefficient (Wildman–Crippen LogP) is 2.65. The van der Waals surface area contributed by atoms with Crippen LogP contribution in [0.2, 0.25) is 0 Å². The Morgan fingerprint density at radius 1 is 1.54 bits per heavy atom. The molecule has 1 aromatic rings. The fraction of sp³-hybridized carbons (Fsp3) is 0.500. The lowest BCUT2D eigenvalue weighted by Gasteiger charge is -2.30. The molecule has 1 amide bonds. The Morgan fingerprint density at radius 2 is 2.29 bits per heavy atom. The third-order valence-corrected chi connectivity index (χ3v) is 6.07. The Balaban J connectivity index is 1.72. The number of nitro benzene ring substituents is 1. The molecule has 3 rings (SSSR count). The number of hydrogen-bond donors (Lipinski definition) is 0. The van der Waals surface area contributed by atoms with E-state index < -0.39 is 23.0 Å². The molecule has 128 valence electrons. The highest BCUT2D eigenvalue weighted by Crippen LogP contribution is 2.47. The second-order valence-electron chi connectivity index (χ2n) is 6.20. The van der Waals surface area contributed by atoms with Gasteiger partial charge in [-0.2, -0.15) is 0 Å². The van der Waals surface area contributed by atoms with Gasteiger partial charge in [0.05, 0.1) is 9.79 Å². The zero-order valence-corrected chi connectivity index (χ0v) is 14.2. The highest BCUT2D eigenvalue weighted by atomic mass is 32.2. The van der Waals surface area contributed by atoms with Gasteiger partial charge in [-0.05, 0) is 25.8 Å². The lowest BCUT2D eigenvalue weighted by molar-refractivity contribution is -0.385. The van der Waals surface area contributed by atoms with Crippen LogP contribution in [0.15, 0.2) is 24.3 Å². The molecule has 1 aromatic carbocycles. The number of carbonyl (C=O) groups is 2. The van der Waals surface area contributed by atoms with Crippen LogP contribution in [-0.4, -0.2) is 38.4 Å². The van der Waals surface area contributed by atoms with E-state index in [2.05, 4.69) is 0 Å². The van der Waals surface area contributed by atoms with Gasteiger partial charge >= 0.3 is 5.97 Å². The van der Waals surface area contributed by atoms with Crippen molar-refractivity contribution >= 4 is 29.3 Å². The van der Waals surface area contributed by atoms with E-state index in [9.17, 15) is 19.7 Å². The van der Waals surface area contributed by atoms with Gasteiger partial charge < -0.3 is 9.64 Å². The van der Waals surface area contributed by atoms with E-state index in [0.29, 0.717) is 17.7 Å². The fourth-order valence-electron chi connectivity index (χ4n) is 3.21. The van der Waals surface area contributed by atoms with E-state index in [1.165, 1.54) is 12.1 Å². The minimum Gasteiger partial charge on any atom is -0.456 e. The second-order valence-corrected chi connectivity index (χ2v) is 7.70. The zero-order chi connectivity index (χ0) is 17.5. The number of non-ortho nitro benzene ring substituents is 1. The first kappa shape index (κ1) is 16.8. The highest BCUT2D eigenvalue weighted by molar-refractivity contribution is 8.01. The molecule has 0 N–H and O–H groups in total. The summed E-state index contributed by atoms with van der Waals surface area (Å²) in [5.41, 5.74) is 0.507. The van der Waals surface area contributed by atoms with Crippen LogP contribution >= 0.6 is 11.8 Å². The molecule has 2 aliphatic rings. The van der Waals surface area contributed by atoms with Crippen LogP contribution in [0.25, 0.3) is 0 Å². The number of amides is 1. The molecule has 2 saturated heterocycles. The first-order valence-corrected chi connectivity index (χ1v) is 8.71. The summed E-state index contributed by atoms with van der Waals surface area (Å²) in [5.74, 6) is 0.0378. The van der Waals surface area contributed by atoms with Crippen molar-refractivity contribution in [3.63, 3.8) is 0 Å². The summed E-state index contributed by atoms with van der Waals surface area (Å²) in [6, 6.07) is 5.44. The van der Waals surface area contributed by atoms with E-state index in [1.807, 2.05) is 6.92 Å². The molecular formula is C16H18N2O5S. The summed E-state index contributed by atoms with van der Waals surface area (Å²) in [6.45, 7) is 3.64. The third-order valence-electron chi connectivity index (χ3n) is 4.56. The van der Waals surface area contributed by atoms with E-state index in [1.54, 1.807) is 35.7 Å². The van der Waals surface area contributed by atoms with Crippen LogP contribution in [0.1, 0.15) is 38.4 Å². The number of rotatable bonds is 4. The van der Waals surface area contributed by atoms with Crippen molar-refractivity contribution in [1.82, 2.24) is 4.90 Å². The van der Waals surface area contributed by atoms with Crippen molar-refractivity contribution in [3.8, 4) is 0 Å². The Morgan fingerprint density at radius 3 is 3.00 bits per heavy atom. The Hall–Kier alpha value is -2.09. The van der Waals surface area contributed by atoms with Gasteiger partial charge in [-0.15, -0.1) is 11.8 Å². The van der Waals surface area contributed by atoms with Gasteiger partial charge in [-0.1, -0.05) is 12.1 Å². The average molecular weight is 350 g/mol. The summed E-state index contributed by atoms with van der Waals surface area (Å²) in [5, 5.41) is 10.9. The van der Waals surface area contributed by atoms with Crippen molar-refractivity contribution in [3.05, 3.63) is 39.9 Å². The number of carbonyl (C=O) groups excluding carboxylic acids is 2. The number of fused-ring (bicyclic) bond motifs is 1. The smallest absolute Gasteiger partial charge is 0.330 e. The first-order chi connectivity index (χ1) is 11.3. The van der Waals surface area contributed by atoms with Gasteiger partial charge in [0.25, 0.3) is 5.69 Å². The second kappa shape index (κ2) is 6.08. The number of hydrogen-bond acceptors (Lipinski definition) is 6. The molecule has 0 saturated carbocycles. The molecule has 2 aliphatic heterocycles. The molecule has 0 aromatic heterocycles. The van der Waals surface area contributed by atoms with Crippen molar-refractivity contribution in [2.24, 2.45) is 0 Å². The quantitative estimate of drug-likeness (QED) is 0.471. The number of benzene rings is 1. The van der Waals surface area contributed by atoms with E-state index >= 15 is 0 Å². The highest BCUT2D eigenvalue weighted by Gasteiger charge is 2.53. The van der Waals surface area contributed by atoms with Crippen LogP contribution in [0.3, 0.4) is 0 Å². The molecule has 8 heteroatoms. The predicted molar refractivity (Wildman–Crippen MR) is 88.3 cm³/mol. The zero-order valence-electron chi connectivity index (χ0n) is 13.4. The molecule has 2 fully saturated rings. The molecule has 0 spiro atoms. The lowest BCUT2D eigenvalue weighted by Crippen LogP contribution is -2.46. The van der Waals surface area contributed by atoms with Crippen LogP contribution in [0, 0.1) is 10.1 Å². The maximum absolute atomic E-state index is 12.5. The fourth-order valence-corrected chi connectivity index (χ4v) is 4.62. The minimum absolute atomic E-state index is 0.0209. The van der Waals surface area contributed by atoms with Gasteiger partial charge in [0.15, 0.2) is 0 Å². The molecule has 3 atom stereocenters. The summed E-state index contributed by atoms with van der Waals surface area (Å²) in [7, 11) is 0. The van der Waals surface area contributed by atoms with Crippen LogP contribution in [-0.2, 0) is 14.3 Å². The third kappa shape index (κ3) is 2.86. The molecule has 2 heterocycles. The summed E-state index contributed by atoms with van der Waals surface area (Å²) in [6.07, 6.45) is 0.570. The number of esters is 1. The van der Waals surface area contributed by atoms with Crippen molar-refractivity contribution in [2.45, 2.75) is 43.7 Å². The molecule has 0 radical (unpaired) electrons. The molecule has 0 aliphatic carbocycles. The van der Waals surface area contributed by atoms with Crippen molar-refractivity contribution in [1.29, 1.82) is 0 Å². The Labute approximate surface area is 143 Å². The molecular weight excluding hydrogens is 332 g/mol. The minimum atomic E-state index is -0.619. The Kier molecular flexibility index (Phi) is 4.25. The standard InChI is InChI=1S/C16H18N2O5S/c1-10(11-4-3-5-12(8-11)18(21)22)23-15(20)13-9-24-16(2)7-6-14(19)17(13)16/h3-5,8,10,13H,6-7,9H2,1-2H3/t10-,13+,16+/m1/s1. The van der Waals surface area contributed by atoms with Crippen LogP contribution in [0.5, 0.6) is 0 Å². The van der Waals surface area contributed by atoms with Crippen LogP contribution < -0.4 is 0 Å². The lowest BCUT2D eigenvalue weighted by atomic mass is 10.1. The number of nitro groups is 1. The normalized spacial score (nSPS) is 27.0. The summed E-state index contributed by atoms with van der Waals surface area (Å²) >= 11 is 1.60. The molecule has 7 nitrogen and oxygen atoms in total. The number of thioether (sulfide) groups is 1. The average Bonchev–Trinajstić information content (AvgIpc) is 3.04. The largest absolute Gasteiger partial charge is 0.456 e. The van der Waals surface area contributed by atoms with Gasteiger partial charge in [0.2, 0.25) is 5.91 Å². The number of ether oxygens (including phenoxy) is 1. The van der Waals surface area contributed by atoms with Crippen molar-refractivity contribution in [2.75, 3.05) is 5.75 Å². The maximum Gasteiger partial charge on any atom is 0.330 e. The Bertz CT molecular complexity index is 709. The maximum atomic E-state index is 12.5. The SMILES string of the molecule is C[C@@H](OC(=O)[C@@H]1CS[C@@]2(C)CCC(=O)N12)c1cccc([N+](=O)[O-])c1. The molecule has 0 unspecified atom stereocenters. The van der Waals surface area contributed by atoms with Gasteiger partial charge in [-0.25, -0.2) is 4.79 Å². The van der Waals surface area contributed by atoms with E-state index in [-0.39, 0.29) is 16.5 Å². The summed E-state index contributed by atoms with van der Waals surface area (Å²) in [4.78, 5) is 36.3. The molecule has 0 bridgehead atoms. The number of nitrogens with zero attached hydrogens (tertiary/aromatic N) is 2. The first-order valence-electron chi connectivity index (χ1n) is 7.73. The monoisotopic (exact) mass is 350 g/mol. The molecule has 24 heavy (non-hydrogen) atoms. The topological polar surface area (TPSA) is 89.8 Å².